The zero-order chi connectivity index (χ0) is 17.3. The van der Waals surface area contributed by atoms with Crippen LogP contribution in [-0.2, 0) is 6.42 Å². The van der Waals surface area contributed by atoms with Gasteiger partial charge in [-0.2, -0.15) is 0 Å². The van der Waals surface area contributed by atoms with Gasteiger partial charge in [0.15, 0.2) is 11.5 Å². The lowest BCUT2D eigenvalue weighted by Crippen LogP contribution is -2.37. The number of methoxy groups -OCH3 is 1. The van der Waals surface area contributed by atoms with Crippen molar-refractivity contribution in [1.29, 1.82) is 0 Å². The third kappa shape index (κ3) is 2.95. The number of nitrogens with zero attached hydrogens (tertiary/aromatic N) is 1. The van der Waals surface area contributed by atoms with Gasteiger partial charge in [-0.1, -0.05) is 0 Å². The highest BCUT2D eigenvalue weighted by molar-refractivity contribution is 6.06. The molecule has 0 unspecified atom stereocenters. The van der Waals surface area contributed by atoms with Crippen molar-refractivity contribution >= 4 is 11.6 Å². The zero-order valence-corrected chi connectivity index (χ0v) is 14.4. The Morgan fingerprint density at radius 3 is 2.64 bits per heavy atom. The van der Waals surface area contributed by atoms with Crippen LogP contribution in [0.4, 0.5) is 5.69 Å². The highest BCUT2D eigenvalue weighted by Gasteiger charge is 2.41. The Kier molecular flexibility index (Phi) is 4.07. The third-order valence-corrected chi connectivity index (χ3v) is 5.29. The van der Waals surface area contributed by atoms with Crippen LogP contribution in [-0.4, -0.2) is 23.6 Å². The van der Waals surface area contributed by atoms with Crippen molar-refractivity contribution in [3.8, 4) is 11.5 Å². The van der Waals surface area contributed by atoms with E-state index in [0.717, 1.165) is 42.7 Å². The number of aromatic nitrogens is 1. The summed E-state index contributed by atoms with van der Waals surface area (Å²) >= 11 is 0. The molecule has 0 atom stereocenters. The predicted octanol–water partition coefficient (Wildman–Crippen LogP) is 3.98. The number of carbonyl (C=O) groups excluding carboxylic acids is 1. The number of fused-ring (bicyclic) bond motifs is 1. The first-order chi connectivity index (χ1) is 12.2. The number of pyridine rings is 1. The molecule has 5 heteroatoms. The highest BCUT2D eigenvalue weighted by atomic mass is 16.5. The molecule has 0 radical (unpaired) electrons. The summed E-state index contributed by atoms with van der Waals surface area (Å²) in [6.07, 6.45) is 9.71. The molecule has 0 saturated heterocycles. The molecule has 2 aliphatic rings. The highest BCUT2D eigenvalue weighted by Crippen LogP contribution is 2.47. The Bertz CT molecular complexity index is 783. The fourth-order valence-corrected chi connectivity index (χ4v) is 3.97. The van der Waals surface area contributed by atoms with Crippen LogP contribution in [0.15, 0.2) is 36.7 Å². The minimum absolute atomic E-state index is 0.0690. The van der Waals surface area contributed by atoms with E-state index in [-0.39, 0.29) is 11.5 Å². The smallest absolute Gasteiger partial charge is 0.256 e. The van der Waals surface area contributed by atoms with Crippen LogP contribution in [0.2, 0.25) is 0 Å². The SMILES string of the molecule is COc1ccc(C(=O)Nc2ccncc2)c2c1OC1(CCCC1)CC2. The molecule has 1 saturated carbocycles. The lowest BCUT2D eigenvalue weighted by atomic mass is 9.87. The van der Waals surface area contributed by atoms with E-state index in [4.69, 9.17) is 9.47 Å². The fraction of sp³-hybridized carbons (Fsp3) is 0.400. The van der Waals surface area contributed by atoms with E-state index in [9.17, 15) is 4.79 Å². The molecule has 2 heterocycles. The number of hydrogen-bond donors (Lipinski definition) is 1. The number of carbonyl (C=O) groups is 1. The number of nitrogens with one attached hydrogen (secondary N) is 1. The molecule has 1 aliphatic carbocycles. The molecule has 0 bridgehead atoms. The third-order valence-electron chi connectivity index (χ3n) is 5.29. The summed E-state index contributed by atoms with van der Waals surface area (Å²) in [5.74, 6) is 1.33. The normalized spacial score (nSPS) is 17.6. The van der Waals surface area contributed by atoms with Gasteiger partial charge in [-0.15, -0.1) is 0 Å². The molecule has 4 rings (SSSR count). The number of hydrogen-bond acceptors (Lipinski definition) is 4. The summed E-state index contributed by atoms with van der Waals surface area (Å²) in [5.41, 5.74) is 2.26. The van der Waals surface area contributed by atoms with Crippen LogP contribution in [0, 0.1) is 0 Å². The second kappa shape index (κ2) is 6.39. The summed E-state index contributed by atoms with van der Waals surface area (Å²) in [6, 6.07) is 7.20. The maximum absolute atomic E-state index is 12.8. The molecular weight excluding hydrogens is 316 g/mol. The van der Waals surface area contributed by atoms with Crippen molar-refractivity contribution in [3.05, 3.63) is 47.8 Å². The van der Waals surface area contributed by atoms with Crippen molar-refractivity contribution in [2.75, 3.05) is 12.4 Å². The van der Waals surface area contributed by atoms with Gasteiger partial charge in [-0.3, -0.25) is 9.78 Å². The van der Waals surface area contributed by atoms with E-state index in [2.05, 4.69) is 10.3 Å². The van der Waals surface area contributed by atoms with Gasteiger partial charge in [0.1, 0.15) is 5.60 Å². The second-order valence-electron chi connectivity index (χ2n) is 6.81. The average molecular weight is 338 g/mol. The van der Waals surface area contributed by atoms with Crippen LogP contribution in [0.1, 0.15) is 48.0 Å². The summed E-state index contributed by atoms with van der Waals surface area (Å²) < 4.78 is 11.9. The largest absolute Gasteiger partial charge is 0.493 e. The van der Waals surface area contributed by atoms with Crippen LogP contribution >= 0.6 is 0 Å². The van der Waals surface area contributed by atoms with E-state index < -0.39 is 0 Å². The zero-order valence-electron chi connectivity index (χ0n) is 14.4. The molecule has 25 heavy (non-hydrogen) atoms. The minimum Gasteiger partial charge on any atom is -0.493 e. The van der Waals surface area contributed by atoms with Gasteiger partial charge in [-0.25, -0.2) is 0 Å². The lowest BCUT2D eigenvalue weighted by Gasteiger charge is -2.37. The van der Waals surface area contributed by atoms with E-state index >= 15 is 0 Å². The van der Waals surface area contributed by atoms with Crippen LogP contribution in [0.25, 0.3) is 0 Å². The van der Waals surface area contributed by atoms with Crippen molar-refractivity contribution in [2.45, 2.75) is 44.1 Å². The number of anilines is 1. The quantitative estimate of drug-likeness (QED) is 0.919. The Morgan fingerprint density at radius 1 is 1.16 bits per heavy atom. The molecule has 1 spiro atoms. The molecule has 130 valence electrons. The van der Waals surface area contributed by atoms with Gasteiger partial charge in [0.25, 0.3) is 5.91 Å². The number of ether oxygens (including phenoxy) is 2. The molecule has 5 nitrogen and oxygen atoms in total. The molecule has 1 aromatic carbocycles. The maximum Gasteiger partial charge on any atom is 0.256 e. The maximum atomic E-state index is 12.8. The topological polar surface area (TPSA) is 60.5 Å². The first-order valence-electron chi connectivity index (χ1n) is 8.81. The molecule has 1 amide bonds. The molecule has 1 aromatic heterocycles. The lowest BCUT2D eigenvalue weighted by molar-refractivity contribution is 0.0495. The van der Waals surface area contributed by atoms with Gasteiger partial charge in [-0.05, 0) is 62.8 Å². The average Bonchev–Trinajstić information content (AvgIpc) is 3.09. The van der Waals surface area contributed by atoms with Gasteiger partial charge in [0.2, 0.25) is 0 Å². The Hall–Kier alpha value is -2.56. The van der Waals surface area contributed by atoms with Crippen molar-refractivity contribution < 1.29 is 14.3 Å². The molecule has 1 aliphatic heterocycles. The number of rotatable bonds is 3. The monoisotopic (exact) mass is 338 g/mol. The van der Waals surface area contributed by atoms with Crippen LogP contribution < -0.4 is 14.8 Å². The Balaban J connectivity index is 1.67. The fourth-order valence-electron chi connectivity index (χ4n) is 3.97. The number of benzene rings is 1. The first kappa shape index (κ1) is 15.9. The van der Waals surface area contributed by atoms with E-state index in [0.29, 0.717) is 11.3 Å². The van der Waals surface area contributed by atoms with Gasteiger partial charge >= 0.3 is 0 Å². The van der Waals surface area contributed by atoms with Crippen molar-refractivity contribution in [3.63, 3.8) is 0 Å². The Labute approximate surface area is 147 Å². The molecule has 1 fully saturated rings. The van der Waals surface area contributed by atoms with Crippen molar-refractivity contribution in [2.24, 2.45) is 0 Å². The second-order valence-corrected chi connectivity index (χ2v) is 6.81. The first-order valence-corrected chi connectivity index (χ1v) is 8.81. The van der Waals surface area contributed by atoms with Crippen LogP contribution in [0.3, 0.4) is 0 Å². The van der Waals surface area contributed by atoms with E-state index in [1.165, 1.54) is 12.8 Å². The summed E-state index contributed by atoms with van der Waals surface area (Å²) in [4.78, 5) is 16.7. The van der Waals surface area contributed by atoms with E-state index in [1.54, 1.807) is 31.6 Å². The van der Waals surface area contributed by atoms with Crippen molar-refractivity contribution in [1.82, 2.24) is 4.98 Å². The van der Waals surface area contributed by atoms with Crippen LogP contribution in [0.5, 0.6) is 11.5 Å². The molecule has 2 aromatic rings. The van der Waals surface area contributed by atoms with Gasteiger partial charge in [0.05, 0.1) is 7.11 Å². The standard InChI is InChI=1S/C20H22N2O3/c1-24-17-5-4-16(19(23)22-14-7-12-21-13-8-14)15-6-11-20(25-18(15)17)9-2-3-10-20/h4-5,7-8,12-13H,2-3,6,9-11H2,1H3,(H,21,22,23). The number of amides is 1. The predicted molar refractivity (Wildman–Crippen MR) is 95.3 cm³/mol. The summed E-state index contributed by atoms with van der Waals surface area (Å²) in [6.45, 7) is 0. The van der Waals surface area contributed by atoms with Gasteiger partial charge in [0, 0.05) is 29.2 Å². The summed E-state index contributed by atoms with van der Waals surface area (Å²) in [5, 5.41) is 2.93. The molecule has 1 N–H and O–H groups in total. The molecular formula is C20H22N2O3. The summed E-state index contributed by atoms with van der Waals surface area (Å²) in [7, 11) is 1.64. The minimum atomic E-state index is -0.129. The Morgan fingerprint density at radius 2 is 1.92 bits per heavy atom. The van der Waals surface area contributed by atoms with E-state index in [1.807, 2.05) is 12.1 Å². The van der Waals surface area contributed by atoms with Gasteiger partial charge < -0.3 is 14.8 Å².